The third-order valence-corrected chi connectivity index (χ3v) is 4.39. The van der Waals surface area contributed by atoms with Crippen LogP contribution in [0.1, 0.15) is 0 Å². The summed E-state index contributed by atoms with van der Waals surface area (Å²) in [6, 6.07) is 26.4. The van der Waals surface area contributed by atoms with Crippen LogP contribution in [0.25, 0.3) is 43.1 Å². The first-order valence-corrected chi connectivity index (χ1v) is 9.86. The van der Waals surface area contributed by atoms with Crippen LogP contribution in [0.4, 0.5) is 0 Å². The van der Waals surface area contributed by atoms with Crippen LogP contribution in [0.2, 0.25) is 0 Å². The molecule has 5 aromatic carbocycles. The molecule has 0 aliphatic heterocycles. The molecule has 4 nitrogen and oxygen atoms in total. The standard InChI is InChI=1S/C20H12.Cr.2H2O.2O/c1-2-8-16-15(7-1)17-9-3-5-13-11-12-14-6-4-10-18(16)20(14)19(13)17;;;;;/h1-12H;;2*1H2;;/q;+2;;;;/p-2. The Kier molecular flexibility index (Phi) is 3.68. The van der Waals surface area contributed by atoms with Crippen molar-refractivity contribution in [3.05, 3.63) is 72.8 Å². The summed E-state index contributed by atoms with van der Waals surface area (Å²) in [4.78, 5) is 0. The maximum absolute atomic E-state index is 8.82. The molecule has 0 unspecified atom stereocenters. The second kappa shape index (κ2) is 5.77. The van der Waals surface area contributed by atoms with E-state index in [9.17, 15) is 0 Å². The molecule has 0 aliphatic carbocycles. The van der Waals surface area contributed by atoms with Crippen LogP contribution in [0, 0.1) is 0 Å². The summed E-state index contributed by atoms with van der Waals surface area (Å²) in [5.41, 5.74) is 0. The topological polar surface area (TPSA) is 74.6 Å². The molecule has 5 aromatic rings. The summed E-state index contributed by atoms with van der Waals surface area (Å²) in [5.74, 6) is 0. The summed E-state index contributed by atoms with van der Waals surface area (Å²) in [6.45, 7) is 0. The van der Waals surface area contributed by atoms with E-state index in [0.29, 0.717) is 0 Å². The van der Waals surface area contributed by atoms with Crippen LogP contribution in [0.3, 0.4) is 0 Å². The number of rotatable bonds is 0. The van der Waals surface area contributed by atoms with Crippen LogP contribution in [0.15, 0.2) is 72.8 Å². The second-order valence-corrected chi connectivity index (χ2v) is 7.26. The maximum atomic E-state index is 8.82. The largest absolute Gasteiger partial charge is 0.0616 e. The fourth-order valence-electron chi connectivity index (χ4n) is 3.56. The van der Waals surface area contributed by atoms with E-state index in [1.54, 1.807) is 0 Å². The molecule has 2 N–H and O–H groups in total. The minimum atomic E-state index is -5.25. The SMILES string of the molecule is [O]=[Cr](=[O])([OH])[OH].c1ccc2c(c1)c1cccc3ccc4cccc2c4c31. The minimum absolute atomic E-state index is 1.33. The van der Waals surface area contributed by atoms with Crippen molar-refractivity contribution >= 4 is 43.1 Å². The molecule has 0 radical (unpaired) electrons. The fraction of sp³-hybridized carbons (Fsp3) is 0. The summed E-state index contributed by atoms with van der Waals surface area (Å²) < 4.78 is 31.9. The van der Waals surface area contributed by atoms with E-state index < -0.39 is 13.6 Å². The number of hydrogen-bond acceptors (Lipinski definition) is 2. The van der Waals surface area contributed by atoms with Gasteiger partial charge in [-0.05, 0) is 43.1 Å². The molecule has 0 aliphatic rings. The van der Waals surface area contributed by atoms with Gasteiger partial charge in [0.1, 0.15) is 0 Å². The van der Waals surface area contributed by atoms with Crippen molar-refractivity contribution in [2.45, 2.75) is 0 Å². The molecule has 0 fully saturated rings. The van der Waals surface area contributed by atoms with E-state index in [1.807, 2.05) is 0 Å². The predicted octanol–water partition coefficient (Wildman–Crippen LogP) is 4.38. The molecule has 0 atom stereocenters. The summed E-state index contributed by atoms with van der Waals surface area (Å²) in [6.07, 6.45) is 0. The van der Waals surface area contributed by atoms with Crippen LogP contribution >= 0.6 is 0 Å². The molecule has 5 rings (SSSR count). The quantitative estimate of drug-likeness (QED) is 0.313. The van der Waals surface area contributed by atoms with Crippen molar-refractivity contribution in [1.29, 1.82) is 0 Å². The molecule has 0 saturated carbocycles. The molecule has 25 heavy (non-hydrogen) atoms. The molecule has 0 saturated heterocycles. The first kappa shape index (κ1) is 15.9. The number of benzene rings is 5. The first-order valence-electron chi connectivity index (χ1n) is 7.67. The molecule has 0 heterocycles. The molecule has 0 aromatic heterocycles. The van der Waals surface area contributed by atoms with E-state index in [1.165, 1.54) is 43.1 Å². The van der Waals surface area contributed by atoms with Gasteiger partial charge in [0.25, 0.3) is 0 Å². The van der Waals surface area contributed by atoms with Gasteiger partial charge in [-0.2, -0.15) is 0 Å². The monoisotopic (exact) mass is 370 g/mol. The van der Waals surface area contributed by atoms with Crippen LogP contribution in [-0.4, -0.2) is 8.32 Å². The van der Waals surface area contributed by atoms with Crippen LogP contribution in [0.5, 0.6) is 0 Å². The number of fused-ring (bicyclic) bond motifs is 3. The van der Waals surface area contributed by atoms with E-state index >= 15 is 0 Å². The normalized spacial score (nSPS) is 11.9. The Morgan fingerprint density at radius 1 is 0.520 bits per heavy atom. The number of hydrogen-bond donors (Lipinski definition) is 2. The van der Waals surface area contributed by atoms with Crippen molar-refractivity contribution in [3.8, 4) is 0 Å². The van der Waals surface area contributed by atoms with Crippen molar-refractivity contribution in [2.24, 2.45) is 0 Å². The third-order valence-electron chi connectivity index (χ3n) is 4.39. The Balaban J connectivity index is 0.000000280. The summed E-state index contributed by atoms with van der Waals surface area (Å²) in [5, 5.41) is 10.9. The zero-order valence-electron chi connectivity index (χ0n) is 13.0. The van der Waals surface area contributed by atoms with E-state index in [4.69, 9.17) is 15.9 Å². The van der Waals surface area contributed by atoms with Gasteiger partial charge in [-0.25, -0.2) is 0 Å². The van der Waals surface area contributed by atoms with Crippen LogP contribution in [-0.2, 0) is 21.2 Å². The minimum Gasteiger partial charge on any atom is -0.0616 e. The average Bonchev–Trinajstić information content (AvgIpc) is 2.59. The molecule has 124 valence electrons. The van der Waals surface area contributed by atoms with Gasteiger partial charge in [-0.3, -0.25) is 0 Å². The Bertz CT molecular complexity index is 1230. The molecular formula is C20H14CrO4. The third kappa shape index (κ3) is 2.84. The van der Waals surface area contributed by atoms with Gasteiger partial charge < -0.3 is 0 Å². The van der Waals surface area contributed by atoms with E-state index in [-0.39, 0.29) is 0 Å². The Labute approximate surface area is 145 Å². The van der Waals surface area contributed by atoms with Gasteiger partial charge in [0.05, 0.1) is 0 Å². The van der Waals surface area contributed by atoms with Gasteiger partial charge in [-0.15, -0.1) is 0 Å². The summed E-state index contributed by atoms with van der Waals surface area (Å²) in [7, 11) is 0. The fourth-order valence-corrected chi connectivity index (χ4v) is 3.56. The van der Waals surface area contributed by atoms with Crippen molar-refractivity contribution < 1.29 is 29.5 Å². The van der Waals surface area contributed by atoms with Gasteiger partial charge >= 0.3 is 29.5 Å². The van der Waals surface area contributed by atoms with Gasteiger partial charge in [0, 0.05) is 0 Å². The maximum Gasteiger partial charge on any atom is -0.00203 e. The predicted molar refractivity (Wildman–Crippen MR) is 93.5 cm³/mol. The Morgan fingerprint density at radius 3 is 1.28 bits per heavy atom. The van der Waals surface area contributed by atoms with E-state index in [2.05, 4.69) is 72.8 Å². The van der Waals surface area contributed by atoms with Crippen molar-refractivity contribution in [3.63, 3.8) is 0 Å². The van der Waals surface area contributed by atoms with Crippen molar-refractivity contribution in [2.75, 3.05) is 0 Å². The second-order valence-electron chi connectivity index (χ2n) is 5.87. The zero-order valence-corrected chi connectivity index (χ0v) is 14.3. The zero-order chi connectivity index (χ0) is 17.6. The van der Waals surface area contributed by atoms with Gasteiger partial charge in [-0.1, -0.05) is 72.8 Å². The smallest absolute Gasteiger partial charge is 0.00203 e. The molecular weight excluding hydrogens is 356 g/mol. The van der Waals surface area contributed by atoms with Crippen LogP contribution < -0.4 is 0 Å². The Morgan fingerprint density at radius 2 is 0.880 bits per heavy atom. The van der Waals surface area contributed by atoms with Gasteiger partial charge in [0.15, 0.2) is 0 Å². The van der Waals surface area contributed by atoms with Crippen molar-refractivity contribution in [1.82, 2.24) is 0 Å². The Hall–Kier alpha value is -2.55. The summed E-state index contributed by atoms with van der Waals surface area (Å²) >= 11 is -5.25. The van der Waals surface area contributed by atoms with E-state index in [0.717, 1.165) is 0 Å². The average molecular weight is 370 g/mol. The van der Waals surface area contributed by atoms with Gasteiger partial charge in [0.2, 0.25) is 0 Å². The molecule has 0 spiro atoms. The molecule has 5 heteroatoms. The first-order chi connectivity index (χ1) is 11.9. The molecule has 0 bridgehead atoms. The molecule has 0 amide bonds.